The number of fused-ring (bicyclic) bond motifs is 1. The summed E-state index contributed by atoms with van der Waals surface area (Å²) >= 11 is 1.43. The van der Waals surface area contributed by atoms with Crippen LogP contribution in [0.15, 0.2) is 30.3 Å². The summed E-state index contributed by atoms with van der Waals surface area (Å²) in [5.74, 6) is -1.23. The lowest BCUT2D eigenvalue weighted by molar-refractivity contribution is -0.136. The van der Waals surface area contributed by atoms with Crippen molar-refractivity contribution in [1.29, 1.82) is 0 Å². The SMILES string of the molecule is C[C@@H]1CCc2sc(C(=O)OCC(=O)N(C)CC(=O)Nc3ccc(F)cc3)cc2C1. The van der Waals surface area contributed by atoms with Crippen LogP contribution in [0.3, 0.4) is 0 Å². The van der Waals surface area contributed by atoms with Gasteiger partial charge in [0.2, 0.25) is 5.91 Å². The van der Waals surface area contributed by atoms with Gasteiger partial charge in [-0.05, 0) is 61.1 Å². The predicted molar refractivity (Wildman–Crippen MR) is 108 cm³/mol. The lowest BCUT2D eigenvalue weighted by Gasteiger charge is -2.16. The van der Waals surface area contributed by atoms with Crippen molar-refractivity contribution in [2.75, 3.05) is 25.5 Å². The molecule has 154 valence electrons. The third kappa shape index (κ3) is 5.63. The predicted octanol–water partition coefficient (Wildman–Crippen LogP) is 3.27. The Balaban J connectivity index is 1.46. The molecule has 0 spiro atoms. The molecule has 1 aromatic carbocycles. The standard InChI is InChI=1S/C21H23FN2O4S/c1-13-3-8-17-14(9-13)10-18(29-17)21(27)28-12-20(26)24(2)11-19(25)23-16-6-4-15(22)5-7-16/h4-7,10,13H,3,8-9,11-12H2,1-2H3,(H,23,25)/t13-/m1/s1. The van der Waals surface area contributed by atoms with Gasteiger partial charge < -0.3 is 15.0 Å². The van der Waals surface area contributed by atoms with E-state index in [9.17, 15) is 18.8 Å². The van der Waals surface area contributed by atoms with E-state index in [4.69, 9.17) is 4.74 Å². The van der Waals surface area contributed by atoms with Crippen LogP contribution in [0.5, 0.6) is 0 Å². The van der Waals surface area contributed by atoms with Gasteiger partial charge in [0.15, 0.2) is 6.61 Å². The molecule has 1 heterocycles. The Hall–Kier alpha value is -2.74. The van der Waals surface area contributed by atoms with E-state index in [-0.39, 0.29) is 6.54 Å². The quantitative estimate of drug-likeness (QED) is 0.731. The molecule has 0 unspecified atom stereocenters. The zero-order valence-corrected chi connectivity index (χ0v) is 17.2. The first kappa shape index (κ1) is 21.0. The maximum absolute atomic E-state index is 12.9. The number of ether oxygens (including phenoxy) is 1. The summed E-state index contributed by atoms with van der Waals surface area (Å²) < 4.78 is 18.0. The Morgan fingerprint density at radius 1 is 1.28 bits per heavy atom. The molecule has 0 aliphatic heterocycles. The lowest BCUT2D eigenvalue weighted by atomic mass is 9.90. The minimum absolute atomic E-state index is 0.209. The van der Waals surface area contributed by atoms with Crippen LogP contribution in [-0.4, -0.2) is 42.9 Å². The van der Waals surface area contributed by atoms with Crippen LogP contribution in [0.25, 0.3) is 0 Å². The number of carbonyl (C=O) groups is 3. The van der Waals surface area contributed by atoms with E-state index < -0.39 is 30.2 Å². The largest absolute Gasteiger partial charge is 0.451 e. The van der Waals surface area contributed by atoms with Crippen LogP contribution in [0, 0.1) is 11.7 Å². The number of nitrogens with one attached hydrogen (secondary N) is 1. The summed E-state index contributed by atoms with van der Waals surface area (Å²) in [7, 11) is 1.45. The molecule has 1 N–H and O–H groups in total. The highest BCUT2D eigenvalue weighted by atomic mass is 32.1. The molecule has 0 saturated heterocycles. The second-order valence-electron chi connectivity index (χ2n) is 7.29. The molecule has 6 nitrogen and oxygen atoms in total. The maximum Gasteiger partial charge on any atom is 0.348 e. The smallest absolute Gasteiger partial charge is 0.348 e. The molecule has 29 heavy (non-hydrogen) atoms. The fourth-order valence-electron chi connectivity index (χ4n) is 3.15. The van der Waals surface area contributed by atoms with Gasteiger partial charge in [-0.2, -0.15) is 0 Å². The number of rotatable bonds is 6. The number of anilines is 1. The van der Waals surface area contributed by atoms with Crippen molar-refractivity contribution < 1.29 is 23.5 Å². The highest BCUT2D eigenvalue weighted by molar-refractivity contribution is 7.14. The number of halogens is 1. The molecule has 2 amide bonds. The Morgan fingerprint density at radius 2 is 2.00 bits per heavy atom. The fourth-order valence-corrected chi connectivity index (χ4v) is 4.25. The monoisotopic (exact) mass is 418 g/mol. The first-order valence-electron chi connectivity index (χ1n) is 9.40. The average Bonchev–Trinajstić information content (AvgIpc) is 3.10. The van der Waals surface area contributed by atoms with E-state index in [1.807, 2.05) is 6.07 Å². The van der Waals surface area contributed by atoms with E-state index in [2.05, 4.69) is 12.2 Å². The van der Waals surface area contributed by atoms with Crippen molar-refractivity contribution >= 4 is 34.8 Å². The number of thiophene rings is 1. The number of hydrogen-bond acceptors (Lipinski definition) is 5. The molecule has 1 aliphatic rings. The van der Waals surface area contributed by atoms with Gasteiger partial charge >= 0.3 is 5.97 Å². The third-order valence-corrected chi connectivity index (χ3v) is 6.01. The van der Waals surface area contributed by atoms with Crippen molar-refractivity contribution in [2.24, 2.45) is 5.92 Å². The summed E-state index contributed by atoms with van der Waals surface area (Å²) in [6.07, 6.45) is 3.05. The van der Waals surface area contributed by atoms with Gasteiger partial charge in [-0.25, -0.2) is 9.18 Å². The molecule has 1 aliphatic carbocycles. The van der Waals surface area contributed by atoms with Gasteiger partial charge in [0, 0.05) is 17.6 Å². The van der Waals surface area contributed by atoms with Crippen molar-refractivity contribution in [3.63, 3.8) is 0 Å². The molecule has 0 saturated carbocycles. The summed E-state index contributed by atoms with van der Waals surface area (Å²) in [6.45, 7) is 1.55. The van der Waals surface area contributed by atoms with Gasteiger partial charge in [-0.3, -0.25) is 9.59 Å². The zero-order chi connectivity index (χ0) is 21.0. The molecule has 0 bridgehead atoms. The first-order valence-corrected chi connectivity index (χ1v) is 10.2. The molecule has 8 heteroatoms. The van der Waals surface area contributed by atoms with Crippen molar-refractivity contribution in [1.82, 2.24) is 4.90 Å². The number of amides is 2. The van der Waals surface area contributed by atoms with Gasteiger partial charge in [-0.1, -0.05) is 6.92 Å². The molecule has 0 fully saturated rings. The normalized spacial score (nSPS) is 15.3. The van der Waals surface area contributed by atoms with Crippen LogP contribution in [0.2, 0.25) is 0 Å². The molecular formula is C21H23FN2O4S. The molecule has 0 radical (unpaired) electrons. The topological polar surface area (TPSA) is 75.7 Å². The van der Waals surface area contributed by atoms with Gasteiger partial charge in [0.25, 0.3) is 5.91 Å². The number of nitrogens with zero attached hydrogens (tertiary/aromatic N) is 1. The van der Waals surface area contributed by atoms with E-state index in [1.54, 1.807) is 0 Å². The number of aryl methyl sites for hydroxylation is 1. The number of esters is 1. The lowest BCUT2D eigenvalue weighted by Crippen LogP contribution is -2.37. The second kappa shape index (κ2) is 9.17. The van der Waals surface area contributed by atoms with Gasteiger partial charge in [0.1, 0.15) is 10.7 Å². The Morgan fingerprint density at radius 3 is 2.72 bits per heavy atom. The Kier molecular flexibility index (Phi) is 6.64. The summed E-state index contributed by atoms with van der Waals surface area (Å²) in [5.41, 5.74) is 1.63. The summed E-state index contributed by atoms with van der Waals surface area (Å²) in [5, 5.41) is 2.57. The van der Waals surface area contributed by atoms with Crippen molar-refractivity contribution in [3.05, 3.63) is 51.5 Å². The van der Waals surface area contributed by atoms with E-state index in [1.165, 1.54) is 58.0 Å². The van der Waals surface area contributed by atoms with Crippen LogP contribution in [-0.2, 0) is 27.2 Å². The zero-order valence-electron chi connectivity index (χ0n) is 16.4. The highest BCUT2D eigenvalue weighted by Crippen LogP contribution is 2.32. The third-order valence-electron chi connectivity index (χ3n) is 4.79. The second-order valence-corrected chi connectivity index (χ2v) is 8.42. The first-order chi connectivity index (χ1) is 13.8. The molecular weight excluding hydrogens is 395 g/mol. The number of hydrogen-bond donors (Lipinski definition) is 1. The van der Waals surface area contributed by atoms with E-state index in [0.29, 0.717) is 16.5 Å². The summed E-state index contributed by atoms with van der Waals surface area (Å²) in [6, 6.07) is 7.18. The molecule has 2 aromatic rings. The Bertz CT molecular complexity index is 910. The van der Waals surface area contributed by atoms with Crippen molar-refractivity contribution in [2.45, 2.75) is 26.2 Å². The van der Waals surface area contributed by atoms with Crippen LogP contribution in [0.4, 0.5) is 10.1 Å². The fraction of sp³-hybridized carbons (Fsp3) is 0.381. The Labute approximate surface area is 172 Å². The molecule has 1 atom stereocenters. The highest BCUT2D eigenvalue weighted by Gasteiger charge is 2.22. The van der Waals surface area contributed by atoms with Crippen LogP contribution < -0.4 is 5.32 Å². The summed E-state index contributed by atoms with van der Waals surface area (Å²) in [4.78, 5) is 39.3. The van der Waals surface area contributed by atoms with E-state index in [0.717, 1.165) is 19.3 Å². The molecule has 1 aromatic heterocycles. The van der Waals surface area contributed by atoms with Gasteiger partial charge in [0.05, 0.1) is 6.54 Å². The van der Waals surface area contributed by atoms with Crippen molar-refractivity contribution in [3.8, 4) is 0 Å². The van der Waals surface area contributed by atoms with E-state index >= 15 is 0 Å². The number of likely N-dealkylation sites (N-methyl/N-ethyl adjacent to an activating group) is 1. The maximum atomic E-state index is 12.9. The van der Waals surface area contributed by atoms with Crippen LogP contribution >= 0.6 is 11.3 Å². The van der Waals surface area contributed by atoms with Crippen LogP contribution in [0.1, 0.15) is 33.5 Å². The minimum atomic E-state index is -0.519. The number of benzene rings is 1. The minimum Gasteiger partial charge on any atom is -0.451 e. The molecule has 3 rings (SSSR count). The average molecular weight is 418 g/mol. The number of carbonyl (C=O) groups excluding carboxylic acids is 3. The van der Waals surface area contributed by atoms with Gasteiger partial charge in [-0.15, -0.1) is 11.3 Å².